The minimum absolute atomic E-state index is 0.283. The molecule has 0 bridgehead atoms. The van der Waals surface area contributed by atoms with E-state index in [0.29, 0.717) is 11.8 Å². The second-order valence-corrected chi connectivity index (χ2v) is 5.46. The molecule has 1 aliphatic rings. The maximum atomic E-state index is 10.8. The van der Waals surface area contributed by atoms with E-state index in [-0.39, 0.29) is 5.91 Å². The van der Waals surface area contributed by atoms with Gasteiger partial charge in [-0.3, -0.25) is 4.79 Å². The number of nitrogens with two attached hydrogens (primary N) is 1. The number of amides is 1. The summed E-state index contributed by atoms with van der Waals surface area (Å²) in [6.45, 7) is 2.10. The van der Waals surface area contributed by atoms with Crippen molar-refractivity contribution in [2.45, 2.75) is 23.8 Å². The van der Waals surface area contributed by atoms with Crippen molar-refractivity contribution in [3.8, 4) is 0 Å². The highest BCUT2D eigenvalue weighted by Gasteiger charge is 2.14. The predicted octanol–water partition coefficient (Wildman–Crippen LogP) is 1.43. The van der Waals surface area contributed by atoms with Crippen molar-refractivity contribution in [3.63, 3.8) is 0 Å². The van der Waals surface area contributed by atoms with E-state index in [1.54, 1.807) is 0 Å². The Bertz CT molecular complexity index is 405. The summed E-state index contributed by atoms with van der Waals surface area (Å²) >= 11 is 1.49. The number of primary amides is 1. The van der Waals surface area contributed by atoms with Crippen LogP contribution in [0.1, 0.15) is 12.8 Å². The van der Waals surface area contributed by atoms with Gasteiger partial charge in [-0.2, -0.15) is 0 Å². The highest BCUT2D eigenvalue weighted by Crippen LogP contribution is 2.27. The Morgan fingerprint density at radius 1 is 1.50 bits per heavy atom. The number of thioether (sulfide) groups is 1. The van der Waals surface area contributed by atoms with Crippen LogP contribution in [-0.4, -0.2) is 30.8 Å². The van der Waals surface area contributed by atoms with E-state index in [1.165, 1.54) is 24.6 Å². The van der Waals surface area contributed by atoms with Crippen molar-refractivity contribution < 1.29 is 4.79 Å². The van der Waals surface area contributed by atoms with E-state index in [1.807, 2.05) is 18.2 Å². The van der Waals surface area contributed by atoms with E-state index in [0.717, 1.165) is 23.7 Å². The van der Waals surface area contributed by atoms with Crippen LogP contribution in [0.4, 0.5) is 5.69 Å². The number of carbonyl (C=O) groups is 1. The molecule has 1 saturated heterocycles. The van der Waals surface area contributed by atoms with Gasteiger partial charge in [0.15, 0.2) is 0 Å². The first-order chi connectivity index (χ1) is 8.75. The molecule has 18 heavy (non-hydrogen) atoms. The summed E-state index contributed by atoms with van der Waals surface area (Å²) in [6, 6.07) is 8.53. The lowest BCUT2D eigenvalue weighted by molar-refractivity contribution is -0.115. The predicted molar refractivity (Wildman–Crippen MR) is 75.9 cm³/mol. The third-order valence-corrected chi connectivity index (χ3v) is 4.01. The minimum atomic E-state index is -0.283. The zero-order valence-electron chi connectivity index (χ0n) is 10.3. The molecule has 1 unspecified atom stereocenters. The first-order valence-corrected chi connectivity index (χ1v) is 7.21. The van der Waals surface area contributed by atoms with Gasteiger partial charge in [-0.25, -0.2) is 0 Å². The lowest BCUT2D eigenvalue weighted by atomic mass is 10.1. The van der Waals surface area contributed by atoms with Crippen molar-refractivity contribution in [1.29, 1.82) is 0 Å². The molecule has 1 aromatic rings. The average molecular weight is 265 g/mol. The van der Waals surface area contributed by atoms with Gasteiger partial charge < -0.3 is 16.4 Å². The van der Waals surface area contributed by atoms with Crippen molar-refractivity contribution in [3.05, 3.63) is 24.3 Å². The van der Waals surface area contributed by atoms with Gasteiger partial charge in [0.25, 0.3) is 0 Å². The molecule has 1 heterocycles. The van der Waals surface area contributed by atoms with Gasteiger partial charge in [0.05, 0.1) is 5.75 Å². The smallest absolute Gasteiger partial charge is 0.227 e. The van der Waals surface area contributed by atoms with Crippen LogP contribution in [0, 0.1) is 0 Å². The van der Waals surface area contributed by atoms with Crippen molar-refractivity contribution in [2.75, 3.05) is 24.2 Å². The summed E-state index contributed by atoms with van der Waals surface area (Å²) in [4.78, 5) is 11.9. The number of nitrogens with one attached hydrogen (secondary N) is 2. The van der Waals surface area contributed by atoms with Crippen LogP contribution in [0.25, 0.3) is 0 Å². The summed E-state index contributed by atoms with van der Waals surface area (Å²) in [5.74, 6) is 0.0378. The fraction of sp³-hybridized carbons (Fsp3) is 0.462. The molecule has 0 aromatic heterocycles. The first kappa shape index (κ1) is 13.2. The molecule has 5 heteroatoms. The number of hydrogen-bond acceptors (Lipinski definition) is 4. The quantitative estimate of drug-likeness (QED) is 0.705. The molecule has 1 aliphatic heterocycles. The third kappa shape index (κ3) is 3.92. The molecule has 4 nitrogen and oxygen atoms in total. The number of hydrogen-bond donors (Lipinski definition) is 3. The van der Waals surface area contributed by atoms with Crippen LogP contribution in [0.2, 0.25) is 0 Å². The monoisotopic (exact) mass is 265 g/mol. The number of para-hydroxylation sites is 1. The zero-order valence-corrected chi connectivity index (χ0v) is 11.1. The Morgan fingerprint density at radius 2 is 2.33 bits per heavy atom. The second-order valence-electron chi connectivity index (χ2n) is 4.44. The second kappa shape index (κ2) is 6.66. The van der Waals surface area contributed by atoms with Crippen LogP contribution in [-0.2, 0) is 4.79 Å². The maximum absolute atomic E-state index is 10.8. The lowest BCUT2D eigenvalue weighted by Gasteiger charge is -2.25. The van der Waals surface area contributed by atoms with Crippen LogP contribution < -0.4 is 16.4 Å². The van der Waals surface area contributed by atoms with E-state index in [4.69, 9.17) is 5.73 Å². The van der Waals surface area contributed by atoms with Crippen LogP contribution in [0.15, 0.2) is 29.2 Å². The van der Waals surface area contributed by atoms with Gasteiger partial charge in [-0.05, 0) is 31.5 Å². The summed E-state index contributed by atoms with van der Waals surface area (Å²) in [5, 5.41) is 6.92. The molecule has 4 N–H and O–H groups in total. The van der Waals surface area contributed by atoms with Gasteiger partial charge >= 0.3 is 0 Å². The molecule has 2 rings (SSSR count). The molecule has 0 saturated carbocycles. The summed E-state index contributed by atoms with van der Waals surface area (Å²) in [6.07, 6.45) is 2.39. The normalized spacial score (nSPS) is 19.4. The summed E-state index contributed by atoms with van der Waals surface area (Å²) in [7, 11) is 0. The van der Waals surface area contributed by atoms with E-state index >= 15 is 0 Å². The third-order valence-electron chi connectivity index (χ3n) is 2.91. The number of rotatable bonds is 5. The van der Waals surface area contributed by atoms with Crippen molar-refractivity contribution >= 4 is 23.4 Å². The molecule has 1 amide bonds. The Morgan fingerprint density at radius 3 is 3.06 bits per heavy atom. The average Bonchev–Trinajstić information content (AvgIpc) is 2.39. The molecule has 0 spiro atoms. The molecule has 0 radical (unpaired) electrons. The van der Waals surface area contributed by atoms with Crippen molar-refractivity contribution in [1.82, 2.24) is 5.32 Å². The fourth-order valence-electron chi connectivity index (χ4n) is 2.06. The molecule has 98 valence electrons. The molecular weight excluding hydrogens is 246 g/mol. The Labute approximate surface area is 112 Å². The largest absolute Gasteiger partial charge is 0.380 e. The Hall–Kier alpha value is -1.20. The Balaban J connectivity index is 1.99. The van der Waals surface area contributed by atoms with Gasteiger partial charge in [0, 0.05) is 23.2 Å². The van der Waals surface area contributed by atoms with Crippen molar-refractivity contribution in [2.24, 2.45) is 5.73 Å². The van der Waals surface area contributed by atoms with Gasteiger partial charge in [-0.15, -0.1) is 11.8 Å². The highest BCUT2D eigenvalue weighted by molar-refractivity contribution is 8.00. The Kier molecular flexibility index (Phi) is 4.90. The molecular formula is C13H19N3OS. The summed E-state index contributed by atoms with van der Waals surface area (Å²) < 4.78 is 0. The van der Waals surface area contributed by atoms with Gasteiger partial charge in [0.1, 0.15) is 0 Å². The summed E-state index contributed by atoms with van der Waals surface area (Å²) in [5.41, 5.74) is 6.28. The lowest BCUT2D eigenvalue weighted by Crippen LogP contribution is -2.38. The number of piperidine rings is 1. The SMILES string of the molecule is NC(=O)CSc1ccccc1NC1CCCNC1. The molecule has 1 fully saturated rings. The fourth-order valence-corrected chi connectivity index (χ4v) is 2.81. The van der Waals surface area contributed by atoms with Gasteiger partial charge in [-0.1, -0.05) is 12.1 Å². The minimum Gasteiger partial charge on any atom is -0.380 e. The van der Waals surface area contributed by atoms with Crippen LogP contribution >= 0.6 is 11.8 Å². The topological polar surface area (TPSA) is 67.2 Å². The molecule has 1 aromatic carbocycles. The molecule has 0 aliphatic carbocycles. The van der Waals surface area contributed by atoms with E-state index in [2.05, 4.69) is 16.7 Å². The number of benzene rings is 1. The standard InChI is InChI=1S/C13H19N3OS/c14-13(17)9-18-12-6-2-1-5-11(12)16-10-4-3-7-15-8-10/h1-2,5-6,10,15-16H,3-4,7-9H2,(H2,14,17). The van der Waals surface area contributed by atoms with E-state index < -0.39 is 0 Å². The number of carbonyl (C=O) groups excluding carboxylic acids is 1. The highest BCUT2D eigenvalue weighted by atomic mass is 32.2. The van der Waals surface area contributed by atoms with Crippen LogP contribution in [0.5, 0.6) is 0 Å². The zero-order chi connectivity index (χ0) is 12.8. The van der Waals surface area contributed by atoms with E-state index in [9.17, 15) is 4.79 Å². The number of anilines is 1. The van der Waals surface area contributed by atoms with Crippen LogP contribution in [0.3, 0.4) is 0 Å². The molecule has 1 atom stereocenters. The van der Waals surface area contributed by atoms with Gasteiger partial charge in [0.2, 0.25) is 5.91 Å². The first-order valence-electron chi connectivity index (χ1n) is 6.23. The maximum Gasteiger partial charge on any atom is 0.227 e.